The summed E-state index contributed by atoms with van der Waals surface area (Å²) in [6.07, 6.45) is 0. The first-order valence-corrected chi connectivity index (χ1v) is 6.72. The Hall–Kier alpha value is -2.60. The third kappa shape index (κ3) is 2.53. The summed E-state index contributed by atoms with van der Waals surface area (Å²) in [5.74, 6) is 5.96. The number of urea groups is 1. The van der Waals surface area contributed by atoms with Crippen LogP contribution in [0, 0.1) is 0 Å². The number of nitrogens with one attached hydrogen (secondary N) is 1. The number of rotatable bonds is 3. The predicted molar refractivity (Wildman–Crippen MR) is 81.5 cm³/mol. The lowest BCUT2D eigenvalue weighted by molar-refractivity contribution is 0.210. The number of amides is 2. The Morgan fingerprint density at radius 1 is 1.24 bits per heavy atom. The number of anilines is 2. The molecular weight excluding hydrogens is 266 g/mol. The van der Waals surface area contributed by atoms with E-state index >= 15 is 0 Å². The van der Waals surface area contributed by atoms with E-state index in [1.54, 1.807) is 22.9 Å². The highest BCUT2D eigenvalue weighted by Crippen LogP contribution is 2.28. The van der Waals surface area contributed by atoms with Crippen molar-refractivity contribution >= 4 is 17.5 Å². The third-order valence-corrected chi connectivity index (χ3v) is 3.52. The highest BCUT2D eigenvalue weighted by Gasteiger charge is 2.27. The number of nitrogens with zero attached hydrogens (tertiary/aromatic N) is 3. The van der Waals surface area contributed by atoms with Crippen LogP contribution >= 0.6 is 0 Å². The maximum atomic E-state index is 12.4. The van der Waals surface area contributed by atoms with Crippen LogP contribution in [0.15, 0.2) is 42.5 Å². The molecule has 0 saturated heterocycles. The molecule has 6 nitrogen and oxygen atoms in total. The Kier molecular flexibility index (Phi) is 3.45. The summed E-state index contributed by atoms with van der Waals surface area (Å²) in [6, 6.07) is 13.4. The number of fused-ring (bicyclic) bond motifs is 1. The highest BCUT2D eigenvalue weighted by molar-refractivity contribution is 5.94. The molecule has 1 aromatic carbocycles. The first kappa shape index (κ1) is 13.4. The Bertz CT molecular complexity index is 673. The lowest BCUT2D eigenvalue weighted by Gasteiger charge is -2.35. The fourth-order valence-electron chi connectivity index (χ4n) is 2.50. The molecule has 2 amide bonds. The van der Waals surface area contributed by atoms with Crippen LogP contribution in [0.2, 0.25) is 0 Å². The van der Waals surface area contributed by atoms with Crippen molar-refractivity contribution in [1.82, 2.24) is 9.88 Å². The fraction of sp³-hybridized carbons (Fsp3) is 0.200. The van der Waals surface area contributed by atoms with Crippen LogP contribution in [0.25, 0.3) is 0 Å². The van der Waals surface area contributed by atoms with E-state index in [-0.39, 0.29) is 6.03 Å². The number of nitrogen functional groups attached to an aromatic ring is 1. The van der Waals surface area contributed by atoms with Crippen LogP contribution in [0.5, 0.6) is 0 Å². The van der Waals surface area contributed by atoms with Gasteiger partial charge in [-0.15, -0.1) is 0 Å². The Morgan fingerprint density at radius 2 is 2.05 bits per heavy atom. The molecule has 0 spiro atoms. The van der Waals surface area contributed by atoms with E-state index in [2.05, 4.69) is 10.4 Å². The van der Waals surface area contributed by atoms with Gasteiger partial charge in [0.1, 0.15) is 5.82 Å². The minimum atomic E-state index is -0.0263. The van der Waals surface area contributed by atoms with E-state index in [0.717, 1.165) is 16.9 Å². The average molecular weight is 283 g/mol. The van der Waals surface area contributed by atoms with E-state index in [1.807, 2.05) is 36.4 Å². The number of carbonyl (C=O) groups is 1. The molecule has 0 radical (unpaired) electrons. The van der Waals surface area contributed by atoms with Crippen molar-refractivity contribution in [3.63, 3.8) is 0 Å². The molecule has 2 heterocycles. The minimum Gasteiger partial charge on any atom is -0.323 e. The van der Waals surface area contributed by atoms with E-state index in [9.17, 15) is 4.79 Å². The van der Waals surface area contributed by atoms with Crippen molar-refractivity contribution in [2.75, 3.05) is 17.4 Å². The number of aromatic nitrogens is 1. The van der Waals surface area contributed by atoms with Gasteiger partial charge in [0.15, 0.2) is 0 Å². The molecule has 0 unspecified atom stereocenters. The van der Waals surface area contributed by atoms with Gasteiger partial charge in [0.05, 0.1) is 17.9 Å². The summed E-state index contributed by atoms with van der Waals surface area (Å²) in [5.41, 5.74) is 5.37. The van der Waals surface area contributed by atoms with Crippen molar-refractivity contribution in [2.24, 2.45) is 5.84 Å². The van der Waals surface area contributed by atoms with Crippen LogP contribution < -0.4 is 16.2 Å². The fourth-order valence-corrected chi connectivity index (χ4v) is 2.50. The molecule has 1 aromatic heterocycles. The summed E-state index contributed by atoms with van der Waals surface area (Å²) in [6.45, 7) is 1.04. The second-order valence-corrected chi connectivity index (χ2v) is 5.01. The Balaban J connectivity index is 1.94. The summed E-state index contributed by atoms with van der Waals surface area (Å²) in [5, 5.41) is 0. The minimum absolute atomic E-state index is 0.0263. The molecule has 6 heteroatoms. The van der Waals surface area contributed by atoms with Crippen LogP contribution in [0.3, 0.4) is 0 Å². The normalized spacial score (nSPS) is 14.1. The number of carbonyl (C=O) groups excluding carboxylic acids is 1. The molecule has 21 heavy (non-hydrogen) atoms. The molecule has 3 N–H and O–H groups in total. The van der Waals surface area contributed by atoms with Gasteiger partial charge < -0.3 is 10.3 Å². The van der Waals surface area contributed by atoms with E-state index < -0.39 is 0 Å². The summed E-state index contributed by atoms with van der Waals surface area (Å²) < 4.78 is 0. The van der Waals surface area contributed by atoms with Crippen molar-refractivity contribution in [3.05, 3.63) is 53.7 Å². The van der Waals surface area contributed by atoms with E-state index in [4.69, 9.17) is 5.84 Å². The average Bonchev–Trinajstić information content (AvgIpc) is 2.52. The topological polar surface area (TPSA) is 74.5 Å². The molecule has 0 fully saturated rings. The monoisotopic (exact) mass is 283 g/mol. The van der Waals surface area contributed by atoms with Gasteiger partial charge >= 0.3 is 6.03 Å². The zero-order chi connectivity index (χ0) is 14.8. The molecule has 0 bridgehead atoms. The maximum Gasteiger partial charge on any atom is 0.324 e. The standard InChI is InChI=1S/C15H17N5O/c1-19-9-11-5-2-3-7-13(11)20(15(19)21)10-12-6-4-8-14(17-12)18-16/h2-8H,9-10,16H2,1H3,(H,17,18). The zero-order valence-electron chi connectivity index (χ0n) is 11.8. The Morgan fingerprint density at radius 3 is 2.86 bits per heavy atom. The van der Waals surface area contributed by atoms with Gasteiger partial charge in [0, 0.05) is 13.6 Å². The summed E-state index contributed by atoms with van der Waals surface area (Å²) in [7, 11) is 1.80. The third-order valence-electron chi connectivity index (χ3n) is 3.52. The molecule has 1 aliphatic heterocycles. The number of nitrogens with two attached hydrogens (primary N) is 1. The number of hydrazine groups is 1. The van der Waals surface area contributed by atoms with Gasteiger partial charge in [0.25, 0.3) is 0 Å². The van der Waals surface area contributed by atoms with Gasteiger partial charge in [-0.25, -0.2) is 15.6 Å². The SMILES string of the molecule is CN1Cc2ccccc2N(Cc2cccc(NN)n2)C1=O. The smallest absolute Gasteiger partial charge is 0.323 e. The summed E-state index contributed by atoms with van der Waals surface area (Å²) in [4.78, 5) is 20.2. The molecule has 2 aromatic rings. The lowest BCUT2D eigenvalue weighted by Crippen LogP contribution is -2.44. The van der Waals surface area contributed by atoms with Crippen LogP contribution in [-0.4, -0.2) is 23.0 Å². The quantitative estimate of drug-likeness (QED) is 0.667. The van der Waals surface area contributed by atoms with E-state index in [0.29, 0.717) is 18.9 Å². The largest absolute Gasteiger partial charge is 0.324 e. The number of benzene rings is 1. The Labute approximate surface area is 123 Å². The lowest BCUT2D eigenvalue weighted by atomic mass is 10.1. The maximum absolute atomic E-state index is 12.4. The van der Waals surface area contributed by atoms with Crippen molar-refractivity contribution in [3.8, 4) is 0 Å². The van der Waals surface area contributed by atoms with Crippen LogP contribution in [-0.2, 0) is 13.1 Å². The number of hydrogen-bond donors (Lipinski definition) is 2. The molecule has 3 rings (SSSR count). The summed E-state index contributed by atoms with van der Waals surface area (Å²) >= 11 is 0. The van der Waals surface area contributed by atoms with Gasteiger partial charge in [-0.1, -0.05) is 24.3 Å². The molecule has 0 saturated carbocycles. The molecule has 0 atom stereocenters. The van der Waals surface area contributed by atoms with Crippen LogP contribution in [0.4, 0.5) is 16.3 Å². The first-order chi connectivity index (χ1) is 10.2. The van der Waals surface area contributed by atoms with E-state index in [1.165, 1.54) is 0 Å². The molecule has 1 aliphatic rings. The van der Waals surface area contributed by atoms with Crippen LogP contribution in [0.1, 0.15) is 11.3 Å². The first-order valence-electron chi connectivity index (χ1n) is 6.72. The molecule has 0 aliphatic carbocycles. The van der Waals surface area contributed by atoms with Gasteiger partial charge in [-0.05, 0) is 23.8 Å². The second kappa shape index (κ2) is 5.41. The zero-order valence-corrected chi connectivity index (χ0v) is 11.8. The van der Waals surface area contributed by atoms with Gasteiger partial charge in [-0.3, -0.25) is 4.90 Å². The van der Waals surface area contributed by atoms with Crippen molar-refractivity contribution in [1.29, 1.82) is 0 Å². The van der Waals surface area contributed by atoms with Gasteiger partial charge in [-0.2, -0.15) is 0 Å². The second-order valence-electron chi connectivity index (χ2n) is 5.01. The number of hydrogen-bond acceptors (Lipinski definition) is 4. The predicted octanol–water partition coefficient (Wildman–Crippen LogP) is 1.94. The van der Waals surface area contributed by atoms with Crippen molar-refractivity contribution < 1.29 is 4.79 Å². The molecule has 108 valence electrons. The number of para-hydroxylation sites is 1. The van der Waals surface area contributed by atoms with Crippen molar-refractivity contribution in [2.45, 2.75) is 13.1 Å². The number of pyridine rings is 1. The highest BCUT2D eigenvalue weighted by atomic mass is 16.2. The molecular formula is C15H17N5O. The van der Waals surface area contributed by atoms with Gasteiger partial charge in [0.2, 0.25) is 0 Å².